The number of para-hydroxylation sites is 1. The molecule has 0 saturated carbocycles. The lowest BCUT2D eigenvalue weighted by atomic mass is 9.98. The Morgan fingerprint density at radius 1 is 0.286 bits per heavy atom. The molecule has 2 nitrogen and oxygen atoms in total. The van der Waals surface area contributed by atoms with Crippen LogP contribution in [0.3, 0.4) is 0 Å². The van der Waals surface area contributed by atoms with Crippen molar-refractivity contribution in [2.24, 2.45) is 0 Å². The lowest BCUT2D eigenvalue weighted by molar-refractivity contribution is 0.631. The minimum atomic E-state index is 0.862. The first-order chi connectivity index (χ1) is 31.2. The summed E-state index contributed by atoms with van der Waals surface area (Å²) in [6.45, 7) is 0. The molecule has 0 N–H and O–H groups in total. The predicted molar refractivity (Wildman–Crippen MR) is 268 cm³/mol. The number of benzene rings is 10. The second kappa shape index (κ2) is 15.5. The van der Waals surface area contributed by atoms with Gasteiger partial charge in [-0.25, -0.2) is 0 Å². The van der Waals surface area contributed by atoms with Crippen molar-refractivity contribution in [2.45, 2.75) is 0 Å². The van der Waals surface area contributed by atoms with Gasteiger partial charge in [0.25, 0.3) is 0 Å². The third kappa shape index (κ3) is 6.95. The Hall–Kier alpha value is -7.98. The maximum Gasteiger partial charge on any atom is 0.135 e. The van der Waals surface area contributed by atoms with Gasteiger partial charge in [-0.2, -0.15) is 0 Å². The third-order valence-electron chi connectivity index (χ3n) is 12.3. The molecule has 10 aromatic carbocycles. The van der Waals surface area contributed by atoms with Crippen LogP contribution in [-0.4, -0.2) is 0 Å². The highest BCUT2D eigenvalue weighted by molar-refractivity contribution is 7.25. The maximum atomic E-state index is 6.23. The smallest absolute Gasteiger partial charge is 0.135 e. The predicted octanol–water partition coefficient (Wildman–Crippen LogP) is 17.8. The molecule has 296 valence electrons. The van der Waals surface area contributed by atoms with E-state index < -0.39 is 0 Å². The van der Waals surface area contributed by atoms with Crippen LogP contribution in [0, 0.1) is 0 Å². The molecule has 0 aliphatic heterocycles. The van der Waals surface area contributed by atoms with Gasteiger partial charge in [0.05, 0.1) is 0 Å². The zero-order valence-corrected chi connectivity index (χ0v) is 35.1. The Morgan fingerprint density at radius 2 is 0.714 bits per heavy atom. The van der Waals surface area contributed by atoms with Crippen molar-refractivity contribution >= 4 is 70.3 Å². The monoisotopic (exact) mass is 821 g/mol. The molecular formula is C60H39NOS. The molecule has 2 aromatic heterocycles. The lowest BCUT2D eigenvalue weighted by Crippen LogP contribution is -2.09. The Labute approximate surface area is 370 Å². The summed E-state index contributed by atoms with van der Waals surface area (Å²) in [7, 11) is 0. The van der Waals surface area contributed by atoms with Crippen molar-refractivity contribution < 1.29 is 4.42 Å². The molecular weight excluding hydrogens is 783 g/mol. The van der Waals surface area contributed by atoms with Gasteiger partial charge in [0, 0.05) is 48.2 Å². The van der Waals surface area contributed by atoms with Crippen molar-refractivity contribution in [3.8, 4) is 55.8 Å². The first-order valence-electron chi connectivity index (χ1n) is 21.4. The minimum absolute atomic E-state index is 0.862. The quantitative estimate of drug-likeness (QED) is 0.152. The molecule has 0 aliphatic rings. The summed E-state index contributed by atoms with van der Waals surface area (Å²) in [6, 6.07) is 85.4. The Bertz CT molecular complexity index is 3550. The average molecular weight is 822 g/mol. The molecule has 0 spiro atoms. The fraction of sp³-hybridized carbons (Fsp3) is 0. The molecule has 0 amide bonds. The van der Waals surface area contributed by atoms with E-state index in [9.17, 15) is 0 Å². The number of furan rings is 1. The number of nitrogens with zero attached hydrogens (tertiary/aromatic N) is 1. The highest BCUT2D eigenvalue weighted by atomic mass is 32.1. The van der Waals surface area contributed by atoms with E-state index in [1.165, 1.54) is 75.5 Å². The number of fused-ring (bicyclic) bond motifs is 5. The second-order valence-electron chi connectivity index (χ2n) is 16.2. The zero-order chi connectivity index (χ0) is 41.7. The molecule has 0 bridgehead atoms. The summed E-state index contributed by atoms with van der Waals surface area (Å²) in [5.41, 5.74) is 14.8. The van der Waals surface area contributed by atoms with Gasteiger partial charge in [0.15, 0.2) is 0 Å². The van der Waals surface area contributed by atoms with E-state index in [1.54, 1.807) is 0 Å². The fourth-order valence-corrected chi connectivity index (χ4v) is 10.0. The molecule has 0 aliphatic carbocycles. The molecule has 0 radical (unpaired) electrons. The van der Waals surface area contributed by atoms with Gasteiger partial charge in [-0.05, 0) is 140 Å². The molecule has 0 atom stereocenters. The minimum Gasteiger partial charge on any atom is -0.456 e. The van der Waals surface area contributed by atoms with E-state index in [4.69, 9.17) is 4.42 Å². The summed E-state index contributed by atoms with van der Waals surface area (Å²) in [5, 5.41) is 6.26. The van der Waals surface area contributed by atoms with Crippen molar-refractivity contribution in [1.82, 2.24) is 0 Å². The first kappa shape index (κ1) is 36.8. The SMILES string of the molecule is c1ccc2cc(-c3ccc(-c4ccc(N(c5ccc(-c6ccc(-c7ccc8sc9ccccc9c8c7)cc6)cc5)c5ccc(-c6cc7ccccc7o6)cc5)cc4)cc3)ccc2c1. The number of hydrogen-bond acceptors (Lipinski definition) is 3. The number of rotatable bonds is 8. The van der Waals surface area contributed by atoms with Crippen LogP contribution in [0.15, 0.2) is 241 Å². The largest absolute Gasteiger partial charge is 0.456 e. The van der Waals surface area contributed by atoms with Gasteiger partial charge in [0.2, 0.25) is 0 Å². The highest BCUT2D eigenvalue weighted by Crippen LogP contribution is 2.40. The molecule has 0 unspecified atom stereocenters. The molecule has 3 heteroatoms. The molecule has 12 rings (SSSR count). The van der Waals surface area contributed by atoms with E-state index in [1.807, 2.05) is 29.5 Å². The first-order valence-corrected chi connectivity index (χ1v) is 22.2. The van der Waals surface area contributed by atoms with Crippen LogP contribution in [-0.2, 0) is 0 Å². The van der Waals surface area contributed by atoms with Crippen LogP contribution in [0.5, 0.6) is 0 Å². The molecule has 0 saturated heterocycles. The maximum absolute atomic E-state index is 6.23. The summed E-state index contributed by atoms with van der Waals surface area (Å²) in [5.74, 6) is 0.862. The van der Waals surface area contributed by atoms with E-state index in [0.29, 0.717) is 0 Å². The number of hydrogen-bond donors (Lipinski definition) is 0. The molecule has 2 heterocycles. The molecule has 0 fully saturated rings. The normalized spacial score (nSPS) is 11.5. The van der Waals surface area contributed by atoms with Gasteiger partial charge in [0.1, 0.15) is 11.3 Å². The van der Waals surface area contributed by atoms with Crippen molar-refractivity contribution in [2.75, 3.05) is 4.90 Å². The van der Waals surface area contributed by atoms with Gasteiger partial charge in [-0.3, -0.25) is 0 Å². The summed E-state index contributed by atoms with van der Waals surface area (Å²) in [6.07, 6.45) is 0. The topological polar surface area (TPSA) is 16.4 Å². The Kier molecular flexibility index (Phi) is 9.06. The van der Waals surface area contributed by atoms with Crippen molar-refractivity contribution in [3.05, 3.63) is 237 Å². The van der Waals surface area contributed by atoms with Crippen LogP contribution in [0.1, 0.15) is 0 Å². The van der Waals surface area contributed by atoms with Gasteiger partial charge < -0.3 is 9.32 Å². The van der Waals surface area contributed by atoms with Gasteiger partial charge >= 0.3 is 0 Å². The molecule has 63 heavy (non-hydrogen) atoms. The Morgan fingerprint density at radius 3 is 1.32 bits per heavy atom. The highest BCUT2D eigenvalue weighted by Gasteiger charge is 2.15. The van der Waals surface area contributed by atoms with E-state index in [-0.39, 0.29) is 0 Å². The summed E-state index contributed by atoms with van der Waals surface area (Å²) >= 11 is 1.86. The van der Waals surface area contributed by atoms with E-state index in [2.05, 4.69) is 223 Å². The van der Waals surface area contributed by atoms with Crippen LogP contribution < -0.4 is 4.90 Å². The van der Waals surface area contributed by atoms with Crippen LogP contribution in [0.2, 0.25) is 0 Å². The van der Waals surface area contributed by atoms with Crippen LogP contribution in [0.25, 0.3) is 97.7 Å². The standard InChI is InChI=1S/C60H39NOS/c1-2-8-48-37-49(22-21-40(48)7-1)45-17-13-41(14-18-45)43-23-30-52(31-24-43)61(54-34-27-47(28-35-54)58-39-51-9-3-5-11-57(51)62-58)53-32-25-44(26-33-53)42-15-19-46(20-16-42)50-29-36-60-56(38-50)55-10-4-6-12-59(55)63-60/h1-39H. The fourth-order valence-electron chi connectivity index (χ4n) is 8.94. The molecule has 12 aromatic rings. The number of thiophene rings is 1. The van der Waals surface area contributed by atoms with Gasteiger partial charge in [-0.1, -0.05) is 152 Å². The third-order valence-corrected chi connectivity index (χ3v) is 13.5. The van der Waals surface area contributed by atoms with Crippen LogP contribution >= 0.6 is 11.3 Å². The van der Waals surface area contributed by atoms with Crippen LogP contribution in [0.4, 0.5) is 17.1 Å². The summed E-state index contributed by atoms with van der Waals surface area (Å²) in [4.78, 5) is 2.33. The lowest BCUT2D eigenvalue weighted by Gasteiger charge is -2.26. The number of anilines is 3. The average Bonchev–Trinajstić information content (AvgIpc) is 3.97. The second-order valence-corrected chi connectivity index (χ2v) is 17.2. The zero-order valence-electron chi connectivity index (χ0n) is 34.3. The van der Waals surface area contributed by atoms with E-state index >= 15 is 0 Å². The summed E-state index contributed by atoms with van der Waals surface area (Å²) < 4.78 is 8.89. The van der Waals surface area contributed by atoms with Gasteiger partial charge in [-0.15, -0.1) is 11.3 Å². The van der Waals surface area contributed by atoms with Crippen molar-refractivity contribution in [3.63, 3.8) is 0 Å². The van der Waals surface area contributed by atoms with Crippen molar-refractivity contribution in [1.29, 1.82) is 0 Å². The Balaban J connectivity index is 0.844. The van der Waals surface area contributed by atoms with E-state index in [0.717, 1.165) is 39.4 Å².